The summed E-state index contributed by atoms with van der Waals surface area (Å²) < 4.78 is 0. The van der Waals surface area contributed by atoms with Crippen molar-refractivity contribution in [1.29, 1.82) is 0 Å². The first-order chi connectivity index (χ1) is 16.0. The van der Waals surface area contributed by atoms with Crippen molar-refractivity contribution < 1.29 is 14.7 Å². The number of H-pyrrole nitrogens is 1. The summed E-state index contributed by atoms with van der Waals surface area (Å²) in [7, 11) is 0. The van der Waals surface area contributed by atoms with Crippen LogP contribution >= 0.6 is 0 Å². The molecule has 5 heteroatoms. The molecule has 7 rings (SSSR count). The van der Waals surface area contributed by atoms with Gasteiger partial charge in [0, 0.05) is 29.1 Å². The van der Waals surface area contributed by atoms with Gasteiger partial charge >= 0.3 is 5.97 Å². The maximum atomic E-state index is 12.9. The molecular weight excluding hydrogens is 412 g/mol. The first-order valence-electron chi connectivity index (χ1n) is 12.2. The van der Waals surface area contributed by atoms with Crippen molar-refractivity contribution in [1.82, 2.24) is 10.3 Å². The van der Waals surface area contributed by atoms with Gasteiger partial charge in [0.25, 0.3) is 5.91 Å². The van der Waals surface area contributed by atoms with Gasteiger partial charge in [-0.05, 0) is 91.0 Å². The average molecular weight is 443 g/mol. The van der Waals surface area contributed by atoms with Crippen LogP contribution in [0.4, 0.5) is 0 Å². The summed E-state index contributed by atoms with van der Waals surface area (Å²) in [6.07, 6.45) is 10.2. The normalized spacial score (nSPS) is 28.7. The molecule has 1 heterocycles. The minimum atomic E-state index is -1.03. The number of carboxylic acid groups (broad SMARTS) is 1. The summed E-state index contributed by atoms with van der Waals surface area (Å²) in [6, 6.07) is 14.8. The van der Waals surface area contributed by atoms with Gasteiger partial charge in [-0.25, -0.2) is 4.79 Å². The van der Waals surface area contributed by atoms with Gasteiger partial charge in [-0.1, -0.05) is 30.3 Å². The fraction of sp³-hybridized carbons (Fsp3) is 0.429. The van der Waals surface area contributed by atoms with Crippen LogP contribution < -0.4 is 5.32 Å². The molecule has 4 aliphatic carbocycles. The molecule has 4 saturated carbocycles. The van der Waals surface area contributed by atoms with Crippen molar-refractivity contribution in [3.63, 3.8) is 0 Å². The third kappa shape index (κ3) is 3.64. The van der Waals surface area contributed by atoms with Crippen LogP contribution in [0.1, 0.15) is 60.0 Å². The predicted octanol–water partition coefficient (Wildman–Crippen LogP) is 5.06. The van der Waals surface area contributed by atoms with Gasteiger partial charge in [0.1, 0.15) is 6.04 Å². The minimum absolute atomic E-state index is 0.233. The molecule has 1 unspecified atom stereocenters. The first-order valence-corrected chi connectivity index (χ1v) is 12.2. The van der Waals surface area contributed by atoms with E-state index in [1.54, 1.807) is 0 Å². The number of benzene rings is 2. The Hall–Kier alpha value is -3.08. The van der Waals surface area contributed by atoms with Crippen molar-refractivity contribution in [2.45, 2.75) is 56.4 Å². The number of carboxylic acids is 1. The summed E-state index contributed by atoms with van der Waals surface area (Å²) in [5.41, 5.74) is 4.03. The van der Waals surface area contributed by atoms with Crippen LogP contribution in [0.2, 0.25) is 0 Å². The first kappa shape index (κ1) is 20.5. The number of carbonyl (C=O) groups excluding carboxylic acids is 1. The molecule has 4 bridgehead atoms. The summed E-state index contributed by atoms with van der Waals surface area (Å²) in [4.78, 5) is 28.0. The van der Waals surface area contributed by atoms with E-state index >= 15 is 0 Å². The maximum absolute atomic E-state index is 12.9. The Labute approximate surface area is 193 Å². The number of para-hydroxylation sites is 1. The van der Waals surface area contributed by atoms with E-state index in [9.17, 15) is 14.7 Å². The monoisotopic (exact) mass is 442 g/mol. The molecule has 170 valence electrons. The minimum Gasteiger partial charge on any atom is -0.480 e. The molecule has 0 radical (unpaired) electrons. The number of hydrogen-bond acceptors (Lipinski definition) is 2. The van der Waals surface area contributed by atoms with Gasteiger partial charge in [0.15, 0.2) is 0 Å². The van der Waals surface area contributed by atoms with Gasteiger partial charge in [-0.2, -0.15) is 0 Å². The molecule has 3 aromatic rings. The highest BCUT2D eigenvalue weighted by Gasteiger charge is 2.51. The SMILES string of the molecule is O=C(NC(Cc1c[nH]c2ccccc12)C(=O)O)c1ccc(C23CC4CC(CC(C4)C2)C3)cc1. The predicted molar refractivity (Wildman–Crippen MR) is 127 cm³/mol. The Morgan fingerprint density at radius 2 is 1.61 bits per heavy atom. The standard InChI is InChI=1S/C28H30N2O3/c31-26(30-25(27(32)33)12-21-16-29-24-4-2-1-3-23(21)24)20-5-7-22(8-6-20)28-13-17-9-18(14-28)11-19(10-17)15-28/h1-8,16-19,25,29H,9-15H2,(H,30,31)(H,32,33). The smallest absolute Gasteiger partial charge is 0.326 e. The zero-order valence-corrected chi connectivity index (χ0v) is 18.7. The molecule has 33 heavy (non-hydrogen) atoms. The summed E-state index contributed by atoms with van der Waals surface area (Å²) >= 11 is 0. The molecule has 2 aromatic carbocycles. The summed E-state index contributed by atoms with van der Waals surface area (Å²) in [6.45, 7) is 0. The van der Waals surface area contributed by atoms with Gasteiger partial charge in [0.05, 0.1) is 0 Å². The highest BCUT2D eigenvalue weighted by molar-refractivity contribution is 5.97. The van der Waals surface area contributed by atoms with Gasteiger partial charge in [0.2, 0.25) is 0 Å². The molecule has 3 N–H and O–H groups in total. The second-order valence-corrected chi connectivity index (χ2v) is 10.7. The summed E-state index contributed by atoms with van der Waals surface area (Å²) in [5, 5.41) is 13.5. The molecule has 0 spiro atoms. The Kier molecular flexibility index (Phi) is 4.82. The molecule has 0 saturated heterocycles. The second-order valence-electron chi connectivity index (χ2n) is 10.7. The largest absolute Gasteiger partial charge is 0.480 e. The van der Waals surface area contributed by atoms with E-state index in [4.69, 9.17) is 0 Å². The number of aromatic nitrogens is 1. The van der Waals surface area contributed by atoms with Crippen molar-refractivity contribution in [3.05, 3.63) is 71.4 Å². The van der Waals surface area contributed by atoms with E-state index in [1.165, 1.54) is 44.1 Å². The third-order valence-corrected chi connectivity index (χ3v) is 8.50. The number of nitrogens with one attached hydrogen (secondary N) is 2. The lowest BCUT2D eigenvalue weighted by Gasteiger charge is -2.57. The van der Waals surface area contributed by atoms with Crippen LogP contribution in [0.15, 0.2) is 54.7 Å². The second kappa shape index (κ2) is 7.75. The molecule has 4 aliphatic rings. The van der Waals surface area contributed by atoms with Crippen LogP contribution in [0.3, 0.4) is 0 Å². The highest BCUT2D eigenvalue weighted by Crippen LogP contribution is 2.60. The molecule has 0 aliphatic heterocycles. The fourth-order valence-electron chi connectivity index (χ4n) is 7.40. The van der Waals surface area contributed by atoms with Crippen LogP contribution in [-0.4, -0.2) is 28.0 Å². The van der Waals surface area contributed by atoms with E-state index in [1.807, 2.05) is 42.6 Å². The number of aliphatic carboxylic acids is 1. The van der Waals surface area contributed by atoms with E-state index in [2.05, 4.69) is 22.4 Å². The Morgan fingerprint density at radius 1 is 0.970 bits per heavy atom. The number of amides is 1. The van der Waals surface area contributed by atoms with E-state index in [0.717, 1.165) is 34.2 Å². The molecule has 4 fully saturated rings. The zero-order chi connectivity index (χ0) is 22.6. The Balaban J connectivity index is 1.18. The fourth-order valence-corrected chi connectivity index (χ4v) is 7.40. The van der Waals surface area contributed by atoms with Crippen LogP contribution in [0.25, 0.3) is 10.9 Å². The van der Waals surface area contributed by atoms with E-state index < -0.39 is 12.0 Å². The molecular formula is C28H30N2O3. The average Bonchev–Trinajstić information content (AvgIpc) is 3.20. The third-order valence-electron chi connectivity index (χ3n) is 8.50. The van der Waals surface area contributed by atoms with Crippen molar-refractivity contribution in [2.75, 3.05) is 0 Å². The van der Waals surface area contributed by atoms with E-state index in [-0.39, 0.29) is 12.3 Å². The lowest BCUT2D eigenvalue weighted by molar-refractivity contribution is -0.139. The van der Waals surface area contributed by atoms with Crippen molar-refractivity contribution in [2.24, 2.45) is 17.8 Å². The number of carbonyl (C=O) groups is 2. The van der Waals surface area contributed by atoms with Gasteiger partial charge in [-0.15, -0.1) is 0 Å². The number of aromatic amines is 1. The van der Waals surface area contributed by atoms with Crippen LogP contribution in [0.5, 0.6) is 0 Å². The topological polar surface area (TPSA) is 82.2 Å². The molecule has 1 aromatic heterocycles. The lowest BCUT2D eigenvalue weighted by atomic mass is 9.48. The van der Waals surface area contributed by atoms with Crippen LogP contribution in [-0.2, 0) is 16.6 Å². The van der Waals surface area contributed by atoms with E-state index in [0.29, 0.717) is 11.0 Å². The Morgan fingerprint density at radius 3 is 2.24 bits per heavy atom. The quantitative estimate of drug-likeness (QED) is 0.499. The summed E-state index contributed by atoms with van der Waals surface area (Å²) in [5.74, 6) is 1.26. The maximum Gasteiger partial charge on any atom is 0.326 e. The number of fused-ring (bicyclic) bond motifs is 1. The zero-order valence-electron chi connectivity index (χ0n) is 18.7. The molecule has 1 amide bonds. The number of hydrogen-bond donors (Lipinski definition) is 3. The van der Waals surface area contributed by atoms with Crippen molar-refractivity contribution >= 4 is 22.8 Å². The van der Waals surface area contributed by atoms with Crippen LogP contribution in [0, 0.1) is 17.8 Å². The lowest BCUT2D eigenvalue weighted by Crippen LogP contribution is -2.48. The highest BCUT2D eigenvalue weighted by atomic mass is 16.4. The molecule has 1 atom stereocenters. The van der Waals surface area contributed by atoms with Gasteiger partial charge in [-0.3, -0.25) is 4.79 Å². The van der Waals surface area contributed by atoms with Crippen molar-refractivity contribution in [3.8, 4) is 0 Å². The number of rotatable bonds is 6. The Bertz CT molecular complexity index is 1170. The molecule has 5 nitrogen and oxygen atoms in total. The van der Waals surface area contributed by atoms with Gasteiger partial charge < -0.3 is 15.4 Å².